The van der Waals surface area contributed by atoms with E-state index < -0.39 is 0 Å². The summed E-state index contributed by atoms with van der Waals surface area (Å²) in [5.74, 6) is 0.967. The van der Waals surface area contributed by atoms with Gasteiger partial charge in [0.25, 0.3) is 0 Å². The summed E-state index contributed by atoms with van der Waals surface area (Å²) < 4.78 is 0. The highest BCUT2D eigenvalue weighted by Gasteiger charge is 2.22. The van der Waals surface area contributed by atoms with E-state index in [4.69, 9.17) is 0 Å². The molecule has 0 aliphatic carbocycles. The molecule has 2 aromatic rings. The summed E-state index contributed by atoms with van der Waals surface area (Å²) in [4.78, 5) is 14.5. The molecule has 1 N–H and O–H groups in total. The van der Waals surface area contributed by atoms with E-state index in [2.05, 4.69) is 41.7 Å². The Kier molecular flexibility index (Phi) is 7.48. The van der Waals surface area contributed by atoms with E-state index in [0.29, 0.717) is 12.3 Å². The molecule has 0 bridgehead atoms. The zero-order valence-electron chi connectivity index (χ0n) is 14.8. The highest BCUT2D eigenvalue weighted by molar-refractivity contribution is 5.85. The first kappa shape index (κ1) is 19.5. The lowest BCUT2D eigenvalue weighted by Crippen LogP contribution is -2.41. The summed E-state index contributed by atoms with van der Waals surface area (Å²) in [7, 11) is 2.00. The van der Waals surface area contributed by atoms with Crippen LogP contribution in [0.4, 0.5) is 0 Å². The third-order valence-corrected chi connectivity index (χ3v) is 4.88. The van der Waals surface area contributed by atoms with Gasteiger partial charge in [0.05, 0.1) is 6.42 Å². The Morgan fingerprint density at radius 3 is 2.20 bits per heavy atom. The molecule has 3 nitrogen and oxygen atoms in total. The second-order valence-corrected chi connectivity index (χ2v) is 6.62. The molecule has 0 aromatic heterocycles. The van der Waals surface area contributed by atoms with Crippen LogP contribution in [0.15, 0.2) is 54.6 Å². The number of nitrogens with one attached hydrogen (secondary N) is 1. The second-order valence-electron chi connectivity index (χ2n) is 6.62. The van der Waals surface area contributed by atoms with Crippen LogP contribution in [0.2, 0.25) is 0 Å². The Labute approximate surface area is 156 Å². The van der Waals surface area contributed by atoms with Crippen molar-refractivity contribution in [2.24, 2.45) is 5.92 Å². The third-order valence-electron chi connectivity index (χ3n) is 4.88. The van der Waals surface area contributed by atoms with Crippen LogP contribution >= 0.6 is 12.4 Å². The monoisotopic (exact) mass is 358 g/mol. The van der Waals surface area contributed by atoms with E-state index in [1.165, 1.54) is 11.1 Å². The van der Waals surface area contributed by atoms with Crippen LogP contribution in [0.1, 0.15) is 18.4 Å². The van der Waals surface area contributed by atoms with Gasteiger partial charge in [-0.15, -0.1) is 12.4 Å². The molecule has 0 radical (unpaired) electrons. The topological polar surface area (TPSA) is 32.3 Å². The van der Waals surface area contributed by atoms with Gasteiger partial charge < -0.3 is 10.2 Å². The molecular weight excluding hydrogens is 332 g/mol. The smallest absolute Gasteiger partial charge is 0.226 e. The van der Waals surface area contributed by atoms with Crippen LogP contribution in [0.25, 0.3) is 11.1 Å². The Hall–Kier alpha value is -1.84. The largest absolute Gasteiger partial charge is 0.342 e. The number of benzene rings is 2. The first-order valence-electron chi connectivity index (χ1n) is 8.83. The standard InChI is InChI=1S/C21H26N2O.ClH/c1-22-16-18-11-13-23(14-12-18)21(24)15-17-7-9-20(10-8-17)19-5-3-2-4-6-19;/h2-10,18,22H,11-16H2,1H3;1H. The number of likely N-dealkylation sites (tertiary alicyclic amines) is 1. The molecule has 0 unspecified atom stereocenters. The Morgan fingerprint density at radius 2 is 1.60 bits per heavy atom. The van der Waals surface area contributed by atoms with Crippen molar-refractivity contribution >= 4 is 18.3 Å². The number of halogens is 1. The minimum Gasteiger partial charge on any atom is -0.342 e. The quantitative estimate of drug-likeness (QED) is 0.882. The number of hydrogen-bond donors (Lipinski definition) is 1. The molecular formula is C21H27ClN2O. The molecule has 1 fully saturated rings. The number of amides is 1. The molecule has 1 aliphatic heterocycles. The summed E-state index contributed by atoms with van der Waals surface area (Å²) in [5, 5.41) is 3.24. The molecule has 1 saturated heterocycles. The van der Waals surface area contributed by atoms with Crippen molar-refractivity contribution in [2.45, 2.75) is 19.3 Å². The average molecular weight is 359 g/mol. The van der Waals surface area contributed by atoms with E-state index in [9.17, 15) is 4.79 Å². The molecule has 1 aliphatic rings. The minimum atomic E-state index is 0. The fourth-order valence-electron chi connectivity index (χ4n) is 3.41. The predicted octanol–water partition coefficient (Wildman–Crippen LogP) is 3.78. The minimum absolute atomic E-state index is 0. The number of rotatable bonds is 5. The van der Waals surface area contributed by atoms with Crippen molar-refractivity contribution in [2.75, 3.05) is 26.7 Å². The number of hydrogen-bond acceptors (Lipinski definition) is 2. The van der Waals surface area contributed by atoms with Gasteiger partial charge in [-0.3, -0.25) is 4.79 Å². The van der Waals surface area contributed by atoms with E-state index in [-0.39, 0.29) is 18.3 Å². The van der Waals surface area contributed by atoms with Crippen molar-refractivity contribution in [3.05, 3.63) is 60.2 Å². The van der Waals surface area contributed by atoms with Gasteiger partial charge in [-0.1, -0.05) is 54.6 Å². The lowest BCUT2D eigenvalue weighted by atomic mass is 9.96. The molecule has 0 atom stereocenters. The molecule has 4 heteroatoms. The first-order valence-corrected chi connectivity index (χ1v) is 8.83. The Balaban J connectivity index is 0.00000225. The molecule has 1 amide bonds. The van der Waals surface area contributed by atoms with Gasteiger partial charge in [0.15, 0.2) is 0 Å². The molecule has 0 spiro atoms. The summed E-state index contributed by atoms with van der Waals surface area (Å²) in [6.45, 7) is 2.85. The number of piperidine rings is 1. The molecule has 0 saturated carbocycles. The lowest BCUT2D eigenvalue weighted by molar-refractivity contribution is -0.131. The van der Waals surface area contributed by atoms with Crippen molar-refractivity contribution in [3.63, 3.8) is 0 Å². The second kappa shape index (κ2) is 9.59. The molecule has 25 heavy (non-hydrogen) atoms. The predicted molar refractivity (Wildman–Crippen MR) is 106 cm³/mol. The number of carbonyl (C=O) groups is 1. The molecule has 3 rings (SSSR count). The van der Waals surface area contributed by atoms with E-state index in [1.54, 1.807) is 0 Å². The Morgan fingerprint density at radius 1 is 1.00 bits per heavy atom. The van der Waals surface area contributed by atoms with Gasteiger partial charge in [0.1, 0.15) is 0 Å². The SMILES string of the molecule is CNCC1CCN(C(=O)Cc2ccc(-c3ccccc3)cc2)CC1.Cl. The Bertz CT molecular complexity index is 649. The van der Waals surface area contributed by atoms with Gasteiger partial charge in [-0.25, -0.2) is 0 Å². The fourth-order valence-corrected chi connectivity index (χ4v) is 3.41. The highest BCUT2D eigenvalue weighted by atomic mass is 35.5. The normalized spacial score (nSPS) is 14.8. The maximum atomic E-state index is 12.5. The van der Waals surface area contributed by atoms with E-state index in [1.807, 2.05) is 30.1 Å². The lowest BCUT2D eigenvalue weighted by Gasteiger charge is -2.32. The number of nitrogens with zero attached hydrogens (tertiary/aromatic N) is 1. The van der Waals surface area contributed by atoms with Gasteiger partial charge in [-0.05, 0) is 49.0 Å². The van der Waals surface area contributed by atoms with Crippen LogP contribution in [0.3, 0.4) is 0 Å². The van der Waals surface area contributed by atoms with Crippen LogP contribution < -0.4 is 5.32 Å². The van der Waals surface area contributed by atoms with Gasteiger partial charge in [0, 0.05) is 13.1 Å². The first-order chi connectivity index (χ1) is 11.8. The summed E-state index contributed by atoms with van der Waals surface area (Å²) in [5.41, 5.74) is 3.50. The van der Waals surface area contributed by atoms with Crippen LogP contribution in [-0.4, -0.2) is 37.5 Å². The van der Waals surface area contributed by atoms with E-state index in [0.717, 1.165) is 38.0 Å². The van der Waals surface area contributed by atoms with Crippen molar-refractivity contribution in [1.29, 1.82) is 0 Å². The van der Waals surface area contributed by atoms with Crippen molar-refractivity contribution in [3.8, 4) is 11.1 Å². The number of carbonyl (C=O) groups excluding carboxylic acids is 1. The van der Waals surface area contributed by atoms with Crippen LogP contribution in [-0.2, 0) is 11.2 Å². The maximum Gasteiger partial charge on any atom is 0.226 e. The van der Waals surface area contributed by atoms with Gasteiger partial charge in [0.2, 0.25) is 5.91 Å². The maximum absolute atomic E-state index is 12.5. The summed E-state index contributed by atoms with van der Waals surface area (Å²) in [6, 6.07) is 18.7. The molecule has 2 aromatic carbocycles. The summed E-state index contributed by atoms with van der Waals surface area (Å²) in [6.07, 6.45) is 2.73. The van der Waals surface area contributed by atoms with Crippen molar-refractivity contribution < 1.29 is 4.79 Å². The van der Waals surface area contributed by atoms with Gasteiger partial charge in [-0.2, -0.15) is 0 Å². The average Bonchev–Trinajstić information content (AvgIpc) is 2.64. The van der Waals surface area contributed by atoms with Crippen LogP contribution in [0, 0.1) is 5.92 Å². The van der Waals surface area contributed by atoms with Gasteiger partial charge >= 0.3 is 0 Å². The third kappa shape index (κ3) is 5.32. The van der Waals surface area contributed by atoms with Crippen molar-refractivity contribution in [1.82, 2.24) is 10.2 Å². The van der Waals surface area contributed by atoms with Crippen LogP contribution in [0.5, 0.6) is 0 Å². The molecule has 1 heterocycles. The zero-order valence-corrected chi connectivity index (χ0v) is 15.6. The zero-order chi connectivity index (χ0) is 16.8. The fraction of sp³-hybridized carbons (Fsp3) is 0.381. The molecule has 134 valence electrons. The van der Waals surface area contributed by atoms with E-state index >= 15 is 0 Å². The highest BCUT2D eigenvalue weighted by Crippen LogP contribution is 2.21. The summed E-state index contributed by atoms with van der Waals surface area (Å²) >= 11 is 0.